The van der Waals surface area contributed by atoms with Crippen LogP contribution in [0, 0.1) is 0 Å². The molecule has 1 atom stereocenters. The van der Waals surface area contributed by atoms with Crippen LogP contribution in [-0.2, 0) is 41.6 Å². The topological polar surface area (TPSA) is 173 Å². The van der Waals surface area contributed by atoms with E-state index in [1.54, 1.807) is 31.6 Å². The molecular weight excluding hydrogens is 876 g/mol. The molecule has 0 saturated carbocycles. The van der Waals surface area contributed by atoms with Crippen LogP contribution >= 0.6 is 11.6 Å². The molecule has 3 heterocycles. The van der Waals surface area contributed by atoms with Crippen molar-refractivity contribution in [1.29, 1.82) is 0 Å². The Balaban J connectivity index is 0.737. The predicted octanol–water partition coefficient (Wildman–Crippen LogP) is 6.46. The van der Waals surface area contributed by atoms with Gasteiger partial charge in [-0.3, -0.25) is 19.4 Å². The van der Waals surface area contributed by atoms with Crippen LogP contribution in [0.1, 0.15) is 51.6 Å². The summed E-state index contributed by atoms with van der Waals surface area (Å²) in [5.74, 6) is 0.384. The van der Waals surface area contributed by atoms with Crippen LogP contribution in [0.3, 0.4) is 0 Å². The van der Waals surface area contributed by atoms with Crippen LogP contribution in [0.15, 0.2) is 79.1 Å². The number of ether oxygens (including phenoxy) is 5. The second-order valence-corrected chi connectivity index (χ2v) is 16.6. The second kappa shape index (κ2) is 28.1. The average Bonchev–Trinajstić information content (AvgIpc) is 3.80. The lowest BCUT2D eigenvalue weighted by Gasteiger charge is -2.34. The summed E-state index contributed by atoms with van der Waals surface area (Å²) < 4.78 is 28.3. The Morgan fingerprint density at radius 3 is 2.12 bits per heavy atom. The van der Waals surface area contributed by atoms with E-state index in [4.69, 9.17) is 35.3 Å². The number of anilines is 2. The van der Waals surface area contributed by atoms with Gasteiger partial charge in [-0.1, -0.05) is 79.5 Å². The van der Waals surface area contributed by atoms with Gasteiger partial charge in [0, 0.05) is 81.4 Å². The molecule has 5 aromatic rings. The Bertz CT molecular complexity index is 2270. The van der Waals surface area contributed by atoms with E-state index < -0.39 is 6.04 Å². The molecular formula is C50H65ClN8O8. The molecule has 1 saturated heterocycles. The maximum absolute atomic E-state index is 13.3. The van der Waals surface area contributed by atoms with Gasteiger partial charge in [-0.15, -0.1) is 0 Å². The van der Waals surface area contributed by atoms with Crippen LogP contribution in [-0.4, -0.2) is 167 Å². The summed E-state index contributed by atoms with van der Waals surface area (Å²) in [7, 11) is 1.58. The number of carbonyl (C=O) groups is 3. The van der Waals surface area contributed by atoms with Gasteiger partial charge < -0.3 is 49.0 Å². The Kier molecular flexibility index (Phi) is 21.5. The maximum atomic E-state index is 13.3. The Morgan fingerprint density at radius 2 is 1.46 bits per heavy atom. The number of halogens is 1. The fourth-order valence-corrected chi connectivity index (χ4v) is 7.94. The number of rotatable bonds is 31. The van der Waals surface area contributed by atoms with Gasteiger partial charge >= 0.3 is 0 Å². The largest absolute Gasteiger partial charge is 0.382 e. The fourth-order valence-electron chi connectivity index (χ4n) is 7.74. The Morgan fingerprint density at radius 1 is 0.806 bits per heavy atom. The molecule has 67 heavy (non-hydrogen) atoms. The number of H-pyrrole nitrogens is 1. The van der Waals surface area contributed by atoms with Crippen molar-refractivity contribution in [1.82, 2.24) is 29.7 Å². The molecule has 3 aromatic carbocycles. The highest BCUT2D eigenvalue weighted by atomic mass is 35.5. The maximum Gasteiger partial charge on any atom is 0.257 e. The van der Waals surface area contributed by atoms with Crippen molar-refractivity contribution in [2.75, 3.05) is 123 Å². The lowest BCUT2D eigenvalue weighted by atomic mass is 10.0. The summed E-state index contributed by atoms with van der Waals surface area (Å²) in [6, 6.07) is 23.1. The number of piperazine rings is 1. The van der Waals surface area contributed by atoms with E-state index >= 15 is 0 Å². The summed E-state index contributed by atoms with van der Waals surface area (Å²) in [4.78, 5) is 55.3. The third-order valence-electron chi connectivity index (χ3n) is 11.6. The molecule has 1 aliphatic heterocycles. The van der Waals surface area contributed by atoms with E-state index in [0.29, 0.717) is 97.6 Å². The van der Waals surface area contributed by atoms with Crippen molar-refractivity contribution >= 4 is 52.6 Å². The highest BCUT2D eigenvalue weighted by molar-refractivity contribution is 6.31. The van der Waals surface area contributed by atoms with E-state index in [2.05, 4.69) is 65.7 Å². The van der Waals surface area contributed by atoms with Crippen LogP contribution in [0.4, 0.5) is 11.5 Å². The number of hydrogen-bond acceptors (Lipinski definition) is 14. The number of likely N-dealkylation sites (N-methyl/N-ethyl adjacent to an activating group) is 1. The number of aldehydes is 2. The van der Waals surface area contributed by atoms with Gasteiger partial charge in [0.25, 0.3) is 5.91 Å². The number of fused-ring (bicyclic) bond motifs is 1. The first kappa shape index (κ1) is 51.1. The number of hydrogen-bond donors (Lipinski definition) is 3. The first-order valence-electron chi connectivity index (χ1n) is 23.2. The Hall–Kier alpha value is -5.30. The number of amides is 1. The Labute approximate surface area is 398 Å². The molecule has 16 nitrogen and oxygen atoms in total. The van der Waals surface area contributed by atoms with Crippen LogP contribution in [0.2, 0.25) is 5.02 Å². The van der Waals surface area contributed by atoms with Crippen molar-refractivity contribution in [2.24, 2.45) is 0 Å². The van der Waals surface area contributed by atoms with Gasteiger partial charge in [-0.05, 0) is 41.3 Å². The van der Waals surface area contributed by atoms with E-state index in [0.717, 1.165) is 90.7 Å². The minimum absolute atomic E-state index is 0.244. The lowest BCUT2D eigenvalue weighted by Crippen LogP contribution is -2.46. The summed E-state index contributed by atoms with van der Waals surface area (Å²) >= 11 is 6.35. The lowest BCUT2D eigenvalue weighted by molar-refractivity contribution is -0.111. The van der Waals surface area contributed by atoms with Gasteiger partial charge in [0.15, 0.2) is 6.29 Å². The molecule has 1 amide bonds. The van der Waals surface area contributed by atoms with E-state index in [1.165, 1.54) is 10.5 Å². The third kappa shape index (κ3) is 15.9. The molecule has 17 heteroatoms. The normalized spacial score (nSPS) is 13.7. The minimum atomic E-state index is -0.555. The number of aromatic amines is 1. The highest BCUT2D eigenvalue weighted by Crippen LogP contribution is 2.28. The van der Waals surface area contributed by atoms with E-state index in [-0.39, 0.29) is 17.0 Å². The molecule has 0 aliphatic carbocycles. The molecule has 1 fully saturated rings. The SMILES string of the molecule is CCCC(C=O)N(C)C(=O)c1c(C=O)cccc1NCCOCCOCCOCCOCCOCCN1CCN(Cc2ccc(-c3cc4c(NCc5ccccc5Cl)ncnc4[nH]3)cc2)CC1. The van der Waals surface area contributed by atoms with Crippen LogP contribution in [0.25, 0.3) is 22.3 Å². The predicted molar refractivity (Wildman–Crippen MR) is 261 cm³/mol. The van der Waals surface area contributed by atoms with Gasteiger partial charge in [-0.2, -0.15) is 0 Å². The molecule has 0 bridgehead atoms. The summed E-state index contributed by atoms with van der Waals surface area (Å²) in [5.41, 5.74) is 6.21. The first-order chi connectivity index (χ1) is 32.9. The average molecular weight is 942 g/mol. The number of carbonyl (C=O) groups excluding carboxylic acids is 3. The molecule has 0 radical (unpaired) electrons. The van der Waals surface area contributed by atoms with Crippen LogP contribution in [0.5, 0.6) is 0 Å². The number of benzene rings is 3. The van der Waals surface area contributed by atoms with Crippen LogP contribution < -0.4 is 10.6 Å². The van der Waals surface area contributed by atoms with Crippen molar-refractivity contribution in [3.8, 4) is 11.3 Å². The summed E-state index contributed by atoms with van der Waals surface area (Å²) in [5, 5.41) is 8.26. The molecule has 360 valence electrons. The molecule has 6 rings (SSSR count). The summed E-state index contributed by atoms with van der Waals surface area (Å²) in [6.07, 6.45) is 4.29. The fraction of sp³-hybridized carbons (Fsp3) is 0.460. The minimum Gasteiger partial charge on any atom is -0.382 e. The highest BCUT2D eigenvalue weighted by Gasteiger charge is 2.25. The van der Waals surface area contributed by atoms with E-state index in [9.17, 15) is 14.4 Å². The zero-order valence-electron chi connectivity index (χ0n) is 38.8. The molecule has 1 unspecified atom stereocenters. The van der Waals surface area contributed by atoms with Crippen molar-refractivity contribution in [2.45, 2.75) is 38.9 Å². The van der Waals surface area contributed by atoms with E-state index in [1.807, 2.05) is 31.2 Å². The number of nitrogens with one attached hydrogen (secondary N) is 3. The van der Waals surface area contributed by atoms with Crippen molar-refractivity contribution < 1.29 is 38.1 Å². The molecule has 2 aromatic heterocycles. The second-order valence-electron chi connectivity index (χ2n) is 16.2. The standard InChI is InChI=1S/C50H65ClN8O8/c1-3-7-42(36-61)57(2)50(62)47-41(35-60)9-6-11-45(47)52-16-22-63-24-26-65-28-30-67-31-29-66-27-25-64-23-21-58-17-19-59(20-18-58)34-38-12-14-39(15-13-38)46-32-43-48(54-37-55-49(43)56-46)53-33-40-8-4-5-10-44(40)51/h4-6,8-15,32,35-37,42,52H,3,7,16-31,33-34H2,1-2H3,(H2,53,54,55,56). The molecule has 1 aliphatic rings. The van der Waals surface area contributed by atoms with Gasteiger partial charge in [-0.25, -0.2) is 9.97 Å². The zero-order valence-corrected chi connectivity index (χ0v) is 39.5. The van der Waals surface area contributed by atoms with Crippen molar-refractivity contribution in [3.05, 3.63) is 106 Å². The monoisotopic (exact) mass is 940 g/mol. The third-order valence-corrected chi connectivity index (χ3v) is 11.9. The number of nitrogens with zero attached hydrogens (tertiary/aromatic N) is 5. The van der Waals surface area contributed by atoms with Gasteiger partial charge in [0.05, 0.1) is 83.1 Å². The molecule has 0 spiro atoms. The quantitative estimate of drug-likeness (QED) is 0.0327. The smallest absolute Gasteiger partial charge is 0.257 e. The number of aromatic nitrogens is 3. The molecule has 3 N–H and O–H groups in total. The van der Waals surface area contributed by atoms with Gasteiger partial charge in [0.1, 0.15) is 24.1 Å². The summed E-state index contributed by atoms with van der Waals surface area (Å²) in [6.45, 7) is 13.6. The van der Waals surface area contributed by atoms with Gasteiger partial charge in [0.2, 0.25) is 0 Å². The first-order valence-corrected chi connectivity index (χ1v) is 23.5. The zero-order chi connectivity index (χ0) is 47.1. The van der Waals surface area contributed by atoms with Crippen molar-refractivity contribution in [3.63, 3.8) is 0 Å².